The average molecular weight is 193 g/mol. The molecule has 0 aromatic carbocycles. The highest BCUT2D eigenvalue weighted by atomic mass is 32.1. The van der Waals surface area contributed by atoms with E-state index in [4.69, 9.17) is 5.73 Å². The molecule has 2 heterocycles. The van der Waals surface area contributed by atoms with E-state index in [0.717, 1.165) is 11.4 Å². The summed E-state index contributed by atoms with van der Waals surface area (Å²) in [5.41, 5.74) is 7.56. The van der Waals surface area contributed by atoms with Crippen molar-refractivity contribution in [3.05, 3.63) is 23.2 Å². The van der Waals surface area contributed by atoms with Crippen LogP contribution in [0.5, 0.6) is 0 Å². The van der Waals surface area contributed by atoms with Crippen LogP contribution in [0.15, 0.2) is 18.3 Å². The molecule has 0 saturated carbocycles. The van der Waals surface area contributed by atoms with Gasteiger partial charge in [-0.3, -0.25) is 4.68 Å². The van der Waals surface area contributed by atoms with E-state index in [1.807, 2.05) is 7.05 Å². The van der Waals surface area contributed by atoms with Crippen LogP contribution in [-0.2, 0) is 7.05 Å². The lowest BCUT2D eigenvalue weighted by molar-refractivity contribution is 0.777. The first-order valence-electron chi connectivity index (χ1n) is 4.03. The van der Waals surface area contributed by atoms with Crippen molar-refractivity contribution < 1.29 is 0 Å². The van der Waals surface area contributed by atoms with Crippen molar-refractivity contribution in [3.63, 3.8) is 0 Å². The summed E-state index contributed by atoms with van der Waals surface area (Å²) in [5.74, 6) is 0. The van der Waals surface area contributed by atoms with Gasteiger partial charge in [-0.15, -0.1) is 11.3 Å². The minimum atomic E-state index is 0.740. The lowest BCUT2D eigenvalue weighted by Crippen LogP contribution is -1.93. The topological polar surface area (TPSA) is 43.8 Å². The number of nitrogens with two attached hydrogens (primary N) is 1. The molecule has 0 aliphatic heterocycles. The third-order valence-corrected chi connectivity index (χ3v) is 2.95. The molecule has 0 saturated heterocycles. The molecule has 0 aliphatic rings. The van der Waals surface area contributed by atoms with Crippen LogP contribution in [0.1, 0.15) is 4.88 Å². The molecule has 2 N–H and O–H groups in total. The van der Waals surface area contributed by atoms with Crippen LogP contribution in [-0.4, -0.2) is 9.78 Å². The van der Waals surface area contributed by atoms with Gasteiger partial charge in [-0.2, -0.15) is 5.10 Å². The van der Waals surface area contributed by atoms with Gasteiger partial charge in [-0.05, 0) is 19.1 Å². The van der Waals surface area contributed by atoms with Crippen LogP contribution in [0.25, 0.3) is 10.6 Å². The van der Waals surface area contributed by atoms with Crippen molar-refractivity contribution in [3.8, 4) is 10.6 Å². The molecule has 0 fully saturated rings. The van der Waals surface area contributed by atoms with Gasteiger partial charge in [-0.25, -0.2) is 0 Å². The Hall–Kier alpha value is -1.29. The second-order valence-electron chi connectivity index (χ2n) is 2.98. The quantitative estimate of drug-likeness (QED) is 0.753. The van der Waals surface area contributed by atoms with E-state index in [0.29, 0.717) is 0 Å². The fourth-order valence-electron chi connectivity index (χ4n) is 1.32. The lowest BCUT2D eigenvalue weighted by Gasteiger charge is -1.98. The standard InChI is InChI=1S/C9H11N3S/c1-6-3-4-8(13-6)9-7(10)5-11-12(9)2/h3-5H,10H2,1-2H3. The number of hydrogen-bond acceptors (Lipinski definition) is 3. The monoisotopic (exact) mass is 193 g/mol. The Morgan fingerprint density at radius 3 is 2.69 bits per heavy atom. The molecule has 0 spiro atoms. The van der Waals surface area contributed by atoms with E-state index in [2.05, 4.69) is 24.2 Å². The van der Waals surface area contributed by atoms with Crippen LogP contribution in [0.3, 0.4) is 0 Å². The third kappa shape index (κ3) is 1.33. The summed E-state index contributed by atoms with van der Waals surface area (Å²) in [5, 5.41) is 4.10. The molecule has 13 heavy (non-hydrogen) atoms. The minimum absolute atomic E-state index is 0.740. The van der Waals surface area contributed by atoms with E-state index < -0.39 is 0 Å². The molecule has 68 valence electrons. The Morgan fingerprint density at radius 2 is 2.23 bits per heavy atom. The van der Waals surface area contributed by atoms with Gasteiger partial charge < -0.3 is 5.73 Å². The summed E-state index contributed by atoms with van der Waals surface area (Å²) in [4.78, 5) is 2.46. The highest BCUT2D eigenvalue weighted by Crippen LogP contribution is 2.30. The normalized spacial score (nSPS) is 10.6. The Balaban J connectivity index is 2.57. The maximum absolute atomic E-state index is 5.81. The van der Waals surface area contributed by atoms with Gasteiger partial charge in [0.25, 0.3) is 0 Å². The van der Waals surface area contributed by atoms with Crippen LogP contribution in [0, 0.1) is 6.92 Å². The number of hydrogen-bond donors (Lipinski definition) is 1. The zero-order valence-corrected chi connectivity index (χ0v) is 8.43. The molecule has 0 unspecified atom stereocenters. The third-order valence-electron chi connectivity index (χ3n) is 1.94. The van der Waals surface area contributed by atoms with Gasteiger partial charge in [0.2, 0.25) is 0 Å². The predicted octanol–water partition coefficient (Wildman–Crippen LogP) is 2.04. The fraction of sp³-hybridized carbons (Fsp3) is 0.222. The molecular weight excluding hydrogens is 182 g/mol. The molecule has 4 heteroatoms. The maximum Gasteiger partial charge on any atom is 0.101 e. The molecule has 0 aliphatic carbocycles. The number of nitrogens with zero attached hydrogens (tertiary/aromatic N) is 2. The van der Waals surface area contributed by atoms with Crippen LogP contribution in [0.2, 0.25) is 0 Å². The summed E-state index contributed by atoms with van der Waals surface area (Å²) in [6.07, 6.45) is 1.68. The second-order valence-corrected chi connectivity index (χ2v) is 4.27. The second kappa shape index (κ2) is 2.88. The van der Waals surface area contributed by atoms with Crippen molar-refractivity contribution in [2.24, 2.45) is 7.05 Å². The van der Waals surface area contributed by atoms with E-state index in [9.17, 15) is 0 Å². The van der Waals surface area contributed by atoms with Gasteiger partial charge in [0.05, 0.1) is 16.8 Å². The van der Waals surface area contributed by atoms with E-state index in [1.54, 1.807) is 22.2 Å². The molecule has 0 radical (unpaired) electrons. The Morgan fingerprint density at radius 1 is 1.46 bits per heavy atom. The molecular formula is C9H11N3S. The summed E-state index contributed by atoms with van der Waals surface area (Å²) >= 11 is 1.73. The molecule has 0 amide bonds. The zero-order chi connectivity index (χ0) is 9.42. The molecule has 2 aromatic rings. The first kappa shape index (κ1) is 8.31. The fourth-order valence-corrected chi connectivity index (χ4v) is 2.28. The number of aromatic nitrogens is 2. The van der Waals surface area contributed by atoms with Crippen molar-refractivity contribution in [2.75, 3.05) is 5.73 Å². The van der Waals surface area contributed by atoms with Crippen LogP contribution < -0.4 is 5.73 Å². The van der Waals surface area contributed by atoms with Crippen molar-refractivity contribution in [1.29, 1.82) is 0 Å². The minimum Gasteiger partial charge on any atom is -0.396 e. The largest absolute Gasteiger partial charge is 0.396 e. The molecule has 2 aromatic heterocycles. The molecule has 2 rings (SSSR count). The van der Waals surface area contributed by atoms with Crippen LogP contribution in [0.4, 0.5) is 5.69 Å². The van der Waals surface area contributed by atoms with E-state index in [1.165, 1.54) is 9.75 Å². The highest BCUT2D eigenvalue weighted by molar-refractivity contribution is 7.15. The highest BCUT2D eigenvalue weighted by Gasteiger charge is 2.09. The van der Waals surface area contributed by atoms with Crippen molar-refractivity contribution in [2.45, 2.75) is 6.92 Å². The molecule has 3 nitrogen and oxygen atoms in total. The summed E-state index contributed by atoms with van der Waals surface area (Å²) in [6.45, 7) is 2.08. The Kier molecular flexibility index (Phi) is 1.84. The summed E-state index contributed by atoms with van der Waals surface area (Å²) in [6, 6.07) is 4.17. The number of anilines is 1. The van der Waals surface area contributed by atoms with Crippen molar-refractivity contribution >= 4 is 17.0 Å². The van der Waals surface area contributed by atoms with E-state index >= 15 is 0 Å². The van der Waals surface area contributed by atoms with Crippen LogP contribution >= 0.6 is 11.3 Å². The lowest BCUT2D eigenvalue weighted by atomic mass is 10.3. The Bertz CT molecular complexity index is 408. The summed E-state index contributed by atoms with van der Waals surface area (Å²) in [7, 11) is 1.90. The SMILES string of the molecule is Cc1ccc(-c2c(N)cnn2C)s1. The van der Waals surface area contributed by atoms with Gasteiger partial charge in [0.15, 0.2) is 0 Å². The predicted molar refractivity (Wildman–Crippen MR) is 55.7 cm³/mol. The summed E-state index contributed by atoms with van der Waals surface area (Å²) < 4.78 is 1.81. The average Bonchev–Trinajstić information content (AvgIpc) is 2.60. The van der Waals surface area contributed by atoms with Gasteiger partial charge in [0.1, 0.15) is 5.69 Å². The van der Waals surface area contributed by atoms with Gasteiger partial charge in [-0.1, -0.05) is 0 Å². The number of nitrogen functional groups attached to an aromatic ring is 1. The molecule has 0 atom stereocenters. The Labute approximate surface area is 80.8 Å². The smallest absolute Gasteiger partial charge is 0.101 e. The first-order valence-corrected chi connectivity index (χ1v) is 4.84. The number of aryl methyl sites for hydroxylation is 2. The van der Waals surface area contributed by atoms with E-state index in [-0.39, 0.29) is 0 Å². The number of thiophene rings is 1. The zero-order valence-electron chi connectivity index (χ0n) is 7.61. The number of rotatable bonds is 1. The maximum atomic E-state index is 5.81. The molecule has 0 bridgehead atoms. The van der Waals surface area contributed by atoms with Crippen molar-refractivity contribution in [1.82, 2.24) is 9.78 Å². The van der Waals surface area contributed by atoms with Gasteiger partial charge >= 0.3 is 0 Å². The first-order chi connectivity index (χ1) is 6.18. The van der Waals surface area contributed by atoms with Gasteiger partial charge in [0, 0.05) is 11.9 Å².